The minimum atomic E-state index is -0.358. The third-order valence-electron chi connectivity index (χ3n) is 2.63. The van der Waals surface area contributed by atoms with Gasteiger partial charge in [0.05, 0.1) is 10.5 Å². The van der Waals surface area contributed by atoms with Gasteiger partial charge in [-0.1, -0.05) is 17.7 Å². The van der Waals surface area contributed by atoms with Crippen LogP contribution in [0, 0.1) is 10.1 Å². The van der Waals surface area contributed by atoms with Crippen LogP contribution in [0.4, 0.5) is 5.69 Å². The number of hydrogen-bond donors (Lipinski definition) is 1. The zero-order chi connectivity index (χ0) is 12.1. The molecule has 1 rings (SSSR count). The van der Waals surface area contributed by atoms with Crippen molar-refractivity contribution in [1.82, 2.24) is 5.32 Å². The second-order valence-corrected chi connectivity index (χ2v) is 3.71. The minimum absolute atomic E-state index is 0.144. The lowest BCUT2D eigenvalue weighted by molar-refractivity contribution is -0.385. The van der Waals surface area contributed by atoms with E-state index >= 15 is 0 Å². The maximum Gasteiger partial charge on any atom is 0.276 e. The van der Waals surface area contributed by atoms with Crippen molar-refractivity contribution in [2.75, 3.05) is 7.05 Å². The van der Waals surface area contributed by atoms with Crippen LogP contribution < -0.4 is 5.32 Å². The van der Waals surface area contributed by atoms with Crippen LogP contribution >= 0.6 is 0 Å². The second kappa shape index (κ2) is 5.42. The third-order valence-corrected chi connectivity index (χ3v) is 2.63. The van der Waals surface area contributed by atoms with Crippen LogP contribution in [-0.4, -0.2) is 18.0 Å². The number of nitrogens with one attached hydrogen (secondary N) is 1. The van der Waals surface area contributed by atoms with E-state index in [9.17, 15) is 10.1 Å². The molecule has 1 aromatic carbocycles. The molecule has 4 nitrogen and oxygen atoms in total. The third kappa shape index (κ3) is 2.90. The SMILES string of the molecule is CNC(C)/C(C)=C/c1ccccc1[N+](=O)[O-]. The standard InChI is InChI=1S/C12H16N2O2/c1-9(10(2)13-3)8-11-6-4-5-7-12(11)14(15)16/h4-8,10,13H,1-3H3/b9-8+. The van der Waals surface area contributed by atoms with E-state index in [1.54, 1.807) is 18.2 Å². The van der Waals surface area contributed by atoms with Crippen LogP contribution in [0.2, 0.25) is 0 Å². The lowest BCUT2D eigenvalue weighted by Gasteiger charge is -2.10. The molecule has 1 aromatic rings. The van der Waals surface area contributed by atoms with Crippen molar-refractivity contribution in [3.63, 3.8) is 0 Å². The first kappa shape index (κ1) is 12.4. The van der Waals surface area contributed by atoms with E-state index in [0.29, 0.717) is 5.56 Å². The fourth-order valence-corrected chi connectivity index (χ4v) is 1.37. The van der Waals surface area contributed by atoms with Crippen LogP contribution in [0.3, 0.4) is 0 Å². The zero-order valence-corrected chi connectivity index (χ0v) is 9.73. The number of benzene rings is 1. The Balaban J connectivity index is 3.09. The quantitative estimate of drug-likeness (QED) is 0.626. The van der Waals surface area contributed by atoms with E-state index in [2.05, 4.69) is 5.32 Å². The summed E-state index contributed by atoms with van der Waals surface area (Å²) in [5.74, 6) is 0. The van der Waals surface area contributed by atoms with Gasteiger partial charge in [-0.25, -0.2) is 0 Å². The molecule has 0 saturated heterocycles. The molecule has 0 saturated carbocycles. The van der Waals surface area contributed by atoms with Gasteiger partial charge < -0.3 is 5.32 Å². The Morgan fingerprint density at radius 1 is 1.50 bits per heavy atom. The number of likely N-dealkylation sites (N-methyl/N-ethyl adjacent to an activating group) is 1. The Kier molecular flexibility index (Phi) is 4.19. The summed E-state index contributed by atoms with van der Waals surface area (Å²) in [7, 11) is 1.86. The Bertz CT molecular complexity index is 413. The van der Waals surface area contributed by atoms with Crippen molar-refractivity contribution in [2.45, 2.75) is 19.9 Å². The van der Waals surface area contributed by atoms with Gasteiger partial charge in [0.1, 0.15) is 0 Å². The van der Waals surface area contributed by atoms with Gasteiger partial charge in [-0.15, -0.1) is 0 Å². The highest BCUT2D eigenvalue weighted by molar-refractivity contribution is 5.63. The van der Waals surface area contributed by atoms with Crippen molar-refractivity contribution < 1.29 is 4.92 Å². The molecule has 86 valence electrons. The summed E-state index contributed by atoms with van der Waals surface area (Å²) in [6.07, 6.45) is 1.85. The normalized spacial score (nSPS) is 13.6. The summed E-state index contributed by atoms with van der Waals surface area (Å²) in [6, 6.07) is 6.95. The maximum atomic E-state index is 10.8. The first-order chi connectivity index (χ1) is 7.56. The molecule has 0 aliphatic heterocycles. The second-order valence-electron chi connectivity index (χ2n) is 3.71. The lowest BCUT2D eigenvalue weighted by Crippen LogP contribution is -2.22. The average molecular weight is 220 g/mol. The van der Waals surface area contributed by atoms with Gasteiger partial charge in [0.15, 0.2) is 0 Å². The molecule has 0 spiro atoms. The van der Waals surface area contributed by atoms with Crippen LogP contribution in [-0.2, 0) is 0 Å². The van der Waals surface area contributed by atoms with E-state index < -0.39 is 0 Å². The largest absolute Gasteiger partial charge is 0.314 e. The molecule has 0 aliphatic carbocycles. The molecule has 0 fully saturated rings. The smallest absolute Gasteiger partial charge is 0.276 e. The van der Waals surface area contributed by atoms with Gasteiger partial charge >= 0.3 is 0 Å². The molecule has 0 radical (unpaired) electrons. The molecular weight excluding hydrogens is 204 g/mol. The number of hydrogen-bond acceptors (Lipinski definition) is 3. The summed E-state index contributed by atoms with van der Waals surface area (Å²) in [5, 5.41) is 13.9. The topological polar surface area (TPSA) is 55.2 Å². The van der Waals surface area contributed by atoms with Crippen LogP contribution in [0.25, 0.3) is 6.08 Å². The number of rotatable bonds is 4. The van der Waals surface area contributed by atoms with E-state index in [-0.39, 0.29) is 16.7 Å². The van der Waals surface area contributed by atoms with Crippen molar-refractivity contribution in [3.8, 4) is 0 Å². The Labute approximate surface area is 95.1 Å². The first-order valence-electron chi connectivity index (χ1n) is 5.15. The number of nitro groups is 1. The summed E-state index contributed by atoms with van der Waals surface area (Å²) in [4.78, 5) is 10.4. The van der Waals surface area contributed by atoms with E-state index in [1.807, 2.05) is 27.0 Å². The highest BCUT2D eigenvalue weighted by atomic mass is 16.6. The molecule has 1 atom stereocenters. The fraction of sp³-hybridized carbons (Fsp3) is 0.333. The molecule has 0 aliphatic rings. The van der Waals surface area contributed by atoms with Gasteiger partial charge in [0, 0.05) is 12.1 Å². The Hall–Kier alpha value is -1.68. The summed E-state index contributed by atoms with van der Waals surface area (Å²) in [6.45, 7) is 3.97. The van der Waals surface area contributed by atoms with Crippen LogP contribution in [0.5, 0.6) is 0 Å². The van der Waals surface area contributed by atoms with Crippen LogP contribution in [0.15, 0.2) is 29.8 Å². The molecule has 1 unspecified atom stereocenters. The molecule has 0 heterocycles. The maximum absolute atomic E-state index is 10.8. The van der Waals surface area contributed by atoms with Gasteiger partial charge in [0.2, 0.25) is 0 Å². The van der Waals surface area contributed by atoms with E-state index in [4.69, 9.17) is 0 Å². The molecule has 4 heteroatoms. The fourth-order valence-electron chi connectivity index (χ4n) is 1.37. The summed E-state index contributed by atoms with van der Waals surface area (Å²) >= 11 is 0. The van der Waals surface area contributed by atoms with Crippen molar-refractivity contribution >= 4 is 11.8 Å². The zero-order valence-electron chi connectivity index (χ0n) is 9.73. The van der Waals surface area contributed by atoms with Crippen molar-refractivity contribution in [1.29, 1.82) is 0 Å². The highest BCUT2D eigenvalue weighted by Crippen LogP contribution is 2.21. The first-order valence-corrected chi connectivity index (χ1v) is 5.15. The molecule has 16 heavy (non-hydrogen) atoms. The minimum Gasteiger partial charge on any atom is -0.314 e. The van der Waals surface area contributed by atoms with E-state index in [1.165, 1.54) is 6.07 Å². The Morgan fingerprint density at radius 3 is 2.69 bits per heavy atom. The number of nitrogens with zero attached hydrogens (tertiary/aromatic N) is 1. The molecule has 1 N–H and O–H groups in total. The van der Waals surface area contributed by atoms with Crippen LogP contribution in [0.1, 0.15) is 19.4 Å². The van der Waals surface area contributed by atoms with Gasteiger partial charge in [-0.3, -0.25) is 10.1 Å². The predicted molar refractivity (Wildman–Crippen MR) is 65.3 cm³/mol. The lowest BCUT2D eigenvalue weighted by atomic mass is 10.1. The predicted octanol–water partition coefficient (Wildman–Crippen LogP) is 2.61. The van der Waals surface area contributed by atoms with Crippen molar-refractivity contribution in [3.05, 3.63) is 45.5 Å². The molecular formula is C12H16N2O2. The summed E-state index contributed by atoms with van der Waals surface area (Å²) in [5.41, 5.74) is 1.86. The highest BCUT2D eigenvalue weighted by Gasteiger charge is 2.11. The van der Waals surface area contributed by atoms with Gasteiger partial charge in [-0.05, 0) is 33.0 Å². The van der Waals surface area contributed by atoms with Crippen molar-refractivity contribution in [2.24, 2.45) is 0 Å². The van der Waals surface area contributed by atoms with Gasteiger partial charge in [0.25, 0.3) is 5.69 Å². The Morgan fingerprint density at radius 2 is 2.12 bits per heavy atom. The monoisotopic (exact) mass is 220 g/mol. The molecule has 0 aromatic heterocycles. The number of para-hydroxylation sites is 1. The number of nitro benzene ring substituents is 1. The summed E-state index contributed by atoms with van der Waals surface area (Å²) < 4.78 is 0. The van der Waals surface area contributed by atoms with Gasteiger partial charge in [-0.2, -0.15) is 0 Å². The average Bonchev–Trinajstić information content (AvgIpc) is 2.28. The molecule has 0 amide bonds. The molecule has 0 bridgehead atoms. The van der Waals surface area contributed by atoms with E-state index in [0.717, 1.165) is 5.57 Å².